The van der Waals surface area contributed by atoms with Crippen LogP contribution in [0.25, 0.3) is 0 Å². The van der Waals surface area contributed by atoms with Gasteiger partial charge >= 0.3 is 0 Å². The van der Waals surface area contributed by atoms with Gasteiger partial charge in [-0.3, -0.25) is 9.69 Å². The molecule has 0 radical (unpaired) electrons. The van der Waals surface area contributed by atoms with Crippen molar-refractivity contribution in [1.82, 2.24) is 4.90 Å². The van der Waals surface area contributed by atoms with Crippen LogP contribution in [0.2, 0.25) is 10.0 Å². The van der Waals surface area contributed by atoms with Crippen LogP contribution in [0.5, 0.6) is 0 Å². The third-order valence-electron chi connectivity index (χ3n) is 3.23. The summed E-state index contributed by atoms with van der Waals surface area (Å²) in [7, 11) is 1.93. The van der Waals surface area contributed by atoms with Gasteiger partial charge in [0.1, 0.15) is 0 Å². The summed E-state index contributed by atoms with van der Waals surface area (Å²) in [5.74, 6) is 0.0307. The number of benzene rings is 2. The van der Waals surface area contributed by atoms with Crippen LogP contribution in [0.1, 0.15) is 21.5 Å². The van der Waals surface area contributed by atoms with Crippen LogP contribution >= 0.6 is 23.2 Å². The monoisotopic (exact) mass is 321 g/mol. The van der Waals surface area contributed by atoms with E-state index in [1.807, 2.05) is 11.9 Å². The van der Waals surface area contributed by atoms with E-state index in [4.69, 9.17) is 23.2 Å². The molecule has 0 bridgehead atoms. The topological polar surface area (TPSA) is 20.3 Å². The molecule has 0 N–H and O–H groups in total. The fraction of sp³-hybridized carbons (Fsp3) is 0.235. The van der Waals surface area contributed by atoms with Gasteiger partial charge in [-0.25, -0.2) is 0 Å². The van der Waals surface area contributed by atoms with Crippen molar-refractivity contribution in [3.05, 3.63) is 69.2 Å². The van der Waals surface area contributed by atoms with Gasteiger partial charge in [-0.15, -0.1) is 0 Å². The Morgan fingerprint density at radius 2 is 1.71 bits per heavy atom. The quantitative estimate of drug-likeness (QED) is 0.749. The van der Waals surface area contributed by atoms with Gasteiger partial charge in [0.05, 0.1) is 16.6 Å². The molecule has 2 nitrogen and oxygen atoms in total. The Hall–Kier alpha value is -1.35. The minimum absolute atomic E-state index is 0.0307. The van der Waals surface area contributed by atoms with Crippen LogP contribution in [0.15, 0.2) is 42.5 Å². The first-order valence-electron chi connectivity index (χ1n) is 6.68. The second-order valence-corrected chi connectivity index (χ2v) is 6.02. The van der Waals surface area contributed by atoms with E-state index in [9.17, 15) is 4.79 Å². The fourth-order valence-electron chi connectivity index (χ4n) is 2.07. The molecule has 0 unspecified atom stereocenters. The van der Waals surface area contributed by atoms with E-state index in [-0.39, 0.29) is 5.78 Å². The minimum Gasteiger partial charge on any atom is -0.295 e. The molecule has 0 aromatic heterocycles. The lowest BCUT2D eigenvalue weighted by Gasteiger charge is -2.16. The number of nitrogens with zero attached hydrogens (tertiary/aromatic N) is 1. The van der Waals surface area contributed by atoms with E-state index in [0.29, 0.717) is 22.2 Å². The van der Waals surface area contributed by atoms with E-state index in [1.54, 1.807) is 18.2 Å². The van der Waals surface area contributed by atoms with Crippen LogP contribution in [0.3, 0.4) is 0 Å². The molecule has 2 aromatic rings. The van der Waals surface area contributed by atoms with Crippen LogP contribution in [-0.4, -0.2) is 24.3 Å². The molecule has 0 fully saturated rings. The summed E-state index contributed by atoms with van der Waals surface area (Å²) in [6.07, 6.45) is 0. The van der Waals surface area contributed by atoms with Crippen molar-refractivity contribution in [1.29, 1.82) is 0 Å². The number of carbonyl (C=O) groups excluding carboxylic acids is 1. The number of hydrogen-bond donors (Lipinski definition) is 0. The maximum absolute atomic E-state index is 12.2. The normalized spacial score (nSPS) is 10.9. The first-order valence-corrected chi connectivity index (χ1v) is 7.43. The smallest absolute Gasteiger partial charge is 0.176 e. The summed E-state index contributed by atoms with van der Waals surface area (Å²) < 4.78 is 0. The molecule has 0 atom stereocenters. The van der Waals surface area contributed by atoms with Gasteiger partial charge in [-0.05, 0) is 37.7 Å². The minimum atomic E-state index is 0.0307. The number of likely N-dealkylation sites (N-methyl/N-ethyl adjacent to an activating group) is 1. The number of carbonyl (C=O) groups is 1. The number of aryl methyl sites for hydroxylation is 1. The van der Waals surface area contributed by atoms with Gasteiger partial charge in [0.15, 0.2) is 5.78 Å². The lowest BCUT2D eigenvalue weighted by atomic mass is 10.1. The molecule has 0 heterocycles. The van der Waals surface area contributed by atoms with Crippen LogP contribution in [0, 0.1) is 6.92 Å². The fourth-order valence-corrected chi connectivity index (χ4v) is 2.37. The molecular formula is C17H17Cl2NO. The van der Waals surface area contributed by atoms with Crippen LogP contribution in [-0.2, 0) is 6.54 Å². The maximum atomic E-state index is 12.2. The molecule has 0 spiro atoms. The molecular weight excluding hydrogens is 305 g/mol. The SMILES string of the molecule is Cc1ccc(CN(C)CC(=O)c2ccc(Cl)c(Cl)c2)cc1. The highest BCUT2D eigenvalue weighted by Gasteiger charge is 2.11. The van der Waals surface area contributed by atoms with E-state index in [2.05, 4.69) is 31.2 Å². The van der Waals surface area contributed by atoms with E-state index >= 15 is 0 Å². The maximum Gasteiger partial charge on any atom is 0.176 e. The lowest BCUT2D eigenvalue weighted by molar-refractivity contribution is 0.0943. The molecule has 2 rings (SSSR count). The van der Waals surface area contributed by atoms with Gasteiger partial charge < -0.3 is 0 Å². The zero-order valence-corrected chi connectivity index (χ0v) is 13.6. The Bertz CT molecular complexity index is 638. The summed E-state index contributed by atoms with van der Waals surface area (Å²) in [4.78, 5) is 14.2. The third kappa shape index (κ3) is 4.57. The van der Waals surface area contributed by atoms with Gasteiger partial charge in [0.2, 0.25) is 0 Å². The molecule has 0 aliphatic heterocycles. The van der Waals surface area contributed by atoms with Crippen molar-refractivity contribution in [2.45, 2.75) is 13.5 Å². The predicted octanol–water partition coefficient (Wildman–Crippen LogP) is 4.62. The Kier molecular flexibility index (Phi) is 5.40. The van der Waals surface area contributed by atoms with Gasteiger partial charge in [-0.1, -0.05) is 53.0 Å². The predicted molar refractivity (Wildman–Crippen MR) is 88.3 cm³/mol. The van der Waals surface area contributed by atoms with Gasteiger partial charge in [-0.2, -0.15) is 0 Å². The Balaban J connectivity index is 1.98. The van der Waals surface area contributed by atoms with Crippen molar-refractivity contribution >= 4 is 29.0 Å². The second kappa shape index (κ2) is 7.08. The van der Waals surface area contributed by atoms with E-state index in [0.717, 1.165) is 6.54 Å². The highest BCUT2D eigenvalue weighted by Crippen LogP contribution is 2.22. The zero-order chi connectivity index (χ0) is 15.4. The van der Waals surface area contributed by atoms with Crippen molar-refractivity contribution in [3.63, 3.8) is 0 Å². The summed E-state index contributed by atoms with van der Waals surface area (Å²) in [6.45, 7) is 3.13. The largest absolute Gasteiger partial charge is 0.295 e. The Labute approximate surface area is 135 Å². The first-order chi connectivity index (χ1) is 9.95. The van der Waals surface area contributed by atoms with Crippen LogP contribution in [0.4, 0.5) is 0 Å². The van der Waals surface area contributed by atoms with Crippen molar-refractivity contribution in [3.8, 4) is 0 Å². The number of rotatable bonds is 5. The number of Topliss-reactive ketones (excluding diaryl/α,β-unsaturated/α-hetero) is 1. The molecule has 0 aliphatic rings. The van der Waals surface area contributed by atoms with Crippen molar-refractivity contribution in [2.24, 2.45) is 0 Å². The van der Waals surface area contributed by atoms with E-state index < -0.39 is 0 Å². The highest BCUT2D eigenvalue weighted by atomic mass is 35.5. The Morgan fingerprint density at radius 1 is 1.05 bits per heavy atom. The Morgan fingerprint density at radius 3 is 2.33 bits per heavy atom. The molecule has 2 aromatic carbocycles. The van der Waals surface area contributed by atoms with Gasteiger partial charge in [0, 0.05) is 12.1 Å². The average molecular weight is 322 g/mol. The second-order valence-electron chi connectivity index (χ2n) is 5.21. The number of ketones is 1. The van der Waals surface area contributed by atoms with Crippen molar-refractivity contribution in [2.75, 3.05) is 13.6 Å². The molecule has 0 amide bonds. The molecule has 110 valence electrons. The summed E-state index contributed by atoms with van der Waals surface area (Å²) in [5.41, 5.74) is 3.00. The first kappa shape index (κ1) is 16.0. The number of halogens is 2. The molecule has 4 heteroatoms. The highest BCUT2D eigenvalue weighted by molar-refractivity contribution is 6.42. The van der Waals surface area contributed by atoms with Crippen molar-refractivity contribution < 1.29 is 4.79 Å². The molecule has 0 saturated carbocycles. The van der Waals surface area contributed by atoms with E-state index in [1.165, 1.54) is 11.1 Å². The van der Waals surface area contributed by atoms with Gasteiger partial charge in [0.25, 0.3) is 0 Å². The summed E-state index contributed by atoms with van der Waals surface area (Å²) >= 11 is 11.8. The molecule has 21 heavy (non-hydrogen) atoms. The zero-order valence-electron chi connectivity index (χ0n) is 12.1. The molecule has 0 saturated heterocycles. The van der Waals surface area contributed by atoms with Crippen LogP contribution < -0.4 is 0 Å². The third-order valence-corrected chi connectivity index (χ3v) is 3.97. The average Bonchev–Trinajstić information content (AvgIpc) is 2.44. The standard InChI is InChI=1S/C17H17Cl2NO/c1-12-3-5-13(6-4-12)10-20(2)11-17(21)14-7-8-15(18)16(19)9-14/h3-9H,10-11H2,1-2H3. The summed E-state index contributed by atoms with van der Waals surface area (Å²) in [6, 6.07) is 13.3. The number of hydrogen-bond acceptors (Lipinski definition) is 2. The molecule has 0 aliphatic carbocycles. The lowest BCUT2D eigenvalue weighted by Crippen LogP contribution is -2.25. The summed E-state index contributed by atoms with van der Waals surface area (Å²) in [5, 5.41) is 0.866.